The molecule has 3 rings (SSSR count). The van der Waals surface area contributed by atoms with Crippen molar-refractivity contribution in [2.24, 2.45) is 11.3 Å². The summed E-state index contributed by atoms with van der Waals surface area (Å²) in [6.45, 7) is 4.48. The number of carboxylic acid groups (broad SMARTS) is 1. The normalized spacial score (nSPS) is 28.1. The SMILES string of the molecule is CC1(C)CCC(C(=O)O)C(c2cccc(OC3CC3)c2)C1. The van der Waals surface area contributed by atoms with Gasteiger partial charge in [0.1, 0.15) is 5.75 Å². The Kier molecular flexibility index (Phi) is 3.68. The van der Waals surface area contributed by atoms with Gasteiger partial charge < -0.3 is 9.84 Å². The van der Waals surface area contributed by atoms with Crippen LogP contribution in [-0.2, 0) is 4.79 Å². The molecule has 0 amide bonds. The van der Waals surface area contributed by atoms with Gasteiger partial charge in [-0.1, -0.05) is 26.0 Å². The lowest BCUT2D eigenvalue weighted by Crippen LogP contribution is -2.33. The highest BCUT2D eigenvalue weighted by Crippen LogP contribution is 2.47. The molecule has 2 aliphatic rings. The van der Waals surface area contributed by atoms with Gasteiger partial charge in [-0.05, 0) is 61.1 Å². The lowest BCUT2D eigenvalue weighted by atomic mass is 9.65. The van der Waals surface area contributed by atoms with Crippen molar-refractivity contribution in [3.8, 4) is 5.75 Å². The first-order valence-corrected chi connectivity index (χ1v) is 7.94. The zero-order chi connectivity index (χ0) is 15.0. The van der Waals surface area contributed by atoms with Crippen LogP contribution in [0.5, 0.6) is 5.75 Å². The summed E-state index contributed by atoms with van der Waals surface area (Å²) in [5, 5.41) is 9.53. The highest BCUT2D eigenvalue weighted by molar-refractivity contribution is 5.71. The first kappa shape index (κ1) is 14.4. The van der Waals surface area contributed by atoms with E-state index in [1.165, 1.54) is 0 Å². The van der Waals surface area contributed by atoms with Crippen LogP contribution in [0.15, 0.2) is 24.3 Å². The highest BCUT2D eigenvalue weighted by Gasteiger charge is 2.39. The molecule has 2 saturated carbocycles. The molecule has 21 heavy (non-hydrogen) atoms. The lowest BCUT2D eigenvalue weighted by molar-refractivity contribution is -0.144. The standard InChI is InChI=1S/C18H24O3/c1-18(2)9-8-15(17(19)20)16(11-18)12-4-3-5-14(10-12)21-13-6-7-13/h3-5,10,13,15-16H,6-9,11H2,1-2H3,(H,19,20). The Balaban J connectivity index is 1.85. The Labute approximate surface area is 126 Å². The number of benzene rings is 1. The van der Waals surface area contributed by atoms with Gasteiger partial charge in [-0.25, -0.2) is 0 Å². The second-order valence-corrected chi connectivity index (χ2v) is 7.35. The average molecular weight is 288 g/mol. The molecule has 0 spiro atoms. The van der Waals surface area contributed by atoms with Crippen LogP contribution in [0.1, 0.15) is 57.4 Å². The molecule has 0 saturated heterocycles. The molecule has 1 aromatic carbocycles. The zero-order valence-electron chi connectivity index (χ0n) is 12.8. The maximum Gasteiger partial charge on any atom is 0.307 e. The summed E-state index contributed by atoms with van der Waals surface area (Å²) in [7, 11) is 0. The molecule has 0 heterocycles. The molecule has 3 heteroatoms. The van der Waals surface area contributed by atoms with Gasteiger partial charge in [0.05, 0.1) is 12.0 Å². The fourth-order valence-corrected chi connectivity index (χ4v) is 3.43. The van der Waals surface area contributed by atoms with Crippen LogP contribution < -0.4 is 4.74 Å². The molecule has 114 valence electrons. The molecule has 2 unspecified atom stereocenters. The summed E-state index contributed by atoms with van der Waals surface area (Å²) in [5.41, 5.74) is 1.33. The van der Waals surface area contributed by atoms with E-state index in [1.807, 2.05) is 12.1 Å². The van der Waals surface area contributed by atoms with E-state index >= 15 is 0 Å². The molecule has 1 N–H and O–H groups in total. The van der Waals surface area contributed by atoms with Crippen LogP contribution in [0.4, 0.5) is 0 Å². The van der Waals surface area contributed by atoms with Crippen LogP contribution in [-0.4, -0.2) is 17.2 Å². The quantitative estimate of drug-likeness (QED) is 0.902. The molecular formula is C18H24O3. The van der Waals surface area contributed by atoms with E-state index in [1.54, 1.807) is 0 Å². The minimum Gasteiger partial charge on any atom is -0.490 e. The van der Waals surface area contributed by atoms with Crippen molar-refractivity contribution in [1.82, 2.24) is 0 Å². The van der Waals surface area contributed by atoms with Crippen LogP contribution >= 0.6 is 0 Å². The van der Waals surface area contributed by atoms with Gasteiger partial charge in [-0.2, -0.15) is 0 Å². The van der Waals surface area contributed by atoms with Crippen molar-refractivity contribution in [2.45, 2.75) is 58.0 Å². The van der Waals surface area contributed by atoms with Gasteiger partial charge in [-0.15, -0.1) is 0 Å². The monoisotopic (exact) mass is 288 g/mol. The first-order chi connectivity index (χ1) is 9.94. The summed E-state index contributed by atoms with van der Waals surface area (Å²) in [6.07, 6.45) is 5.32. The topological polar surface area (TPSA) is 46.5 Å². The van der Waals surface area contributed by atoms with Crippen molar-refractivity contribution in [1.29, 1.82) is 0 Å². The fraction of sp³-hybridized carbons (Fsp3) is 0.611. The minimum atomic E-state index is -0.663. The number of hydrogen-bond acceptors (Lipinski definition) is 2. The van der Waals surface area contributed by atoms with Crippen molar-refractivity contribution in [3.05, 3.63) is 29.8 Å². The summed E-state index contributed by atoms with van der Waals surface area (Å²) >= 11 is 0. The van der Waals surface area contributed by atoms with Crippen molar-refractivity contribution in [2.75, 3.05) is 0 Å². The van der Waals surface area contributed by atoms with E-state index in [-0.39, 0.29) is 17.3 Å². The first-order valence-electron chi connectivity index (χ1n) is 7.94. The predicted octanol–water partition coefficient (Wildman–Crippen LogP) is 4.22. The van der Waals surface area contributed by atoms with Gasteiger partial charge in [0.15, 0.2) is 0 Å². The number of rotatable bonds is 4. The average Bonchev–Trinajstić information content (AvgIpc) is 3.21. The van der Waals surface area contributed by atoms with Crippen LogP contribution in [0.25, 0.3) is 0 Å². The van der Waals surface area contributed by atoms with Gasteiger partial charge in [0.25, 0.3) is 0 Å². The largest absolute Gasteiger partial charge is 0.490 e. The van der Waals surface area contributed by atoms with E-state index in [2.05, 4.69) is 26.0 Å². The molecule has 0 bridgehead atoms. The van der Waals surface area contributed by atoms with Gasteiger partial charge >= 0.3 is 5.97 Å². The van der Waals surface area contributed by atoms with Crippen LogP contribution in [0.2, 0.25) is 0 Å². The summed E-state index contributed by atoms with van der Waals surface area (Å²) in [6, 6.07) is 8.08. The molecule has 0 radical (unpaired) electrons. The maximum atomic E-state index is 11.6. The molecule has 2 atom stereocenters. The maximum absolute atomic E-state index is 11.6. The summed E-state index contributed by atoms with van der Waals surface area (Å²) in [4.78, 5) is 11.6. The van der Waals surface area contributed by atoms with E-state index in [4.69, 9.17) is 4.74 Å². The number of carboxylic acids is 1. The molecular weight excluding hydrogens is 264 g/mol. The number of carbonyl (C=O) groups is 1. The van der Waals surface area contributed by atoms with E-state index in [9.17, 15) is 9.90 Å². The van der Waals surface area contributed by atoms with Crippen molar-refractivity contribution < 1.29 is 14.6 Å². The third-order valence-electron chi connectivity index (χ3n) is 4.82. The fourth-order valence-electron chi connectivity index (χ4n) is 3.43. The molecule has 3 nitrogen and oxygen atoms in total. The lowest BCUT2D eigenvalue weighted by Gasteiger charge is -2.39. The van der Waals surface area contributed by atoms with Crippen molar-refractivity contribution in [3.63, 3.8) is 0 Å². The van der Waals surface area contributed by atoms with Crippen LogP contribution in [0, 0.1) is 11.3 Å². The minimum absolute atomic E-state index is 0.0917. The second-order valence-electron chi connectivity index (χ2n) is 7.35. The van der Waals surface area contributed by atoms with Crippen molar-refractivity contribution >= 4 is 5.97 Å². The Morgan fingerprint density at radius 2 is 2.05 bits per heavy atom. The van der Waals surface area contributed by atoms with Gasteiger partial charge in [-0.3, -0.25) is 4.79 Å². The van der Waals surface area contributed by atoms with E-state index in [0.29, 0.717) is 6.10 Å². The highest BCUT2D eigenvalue weighted by atomic mass is 16.5. The predicted molar refractivity (Wildman–Crippen MR) is 81.6 cm³/mol. The third-order valence-corrected chi connectivity index (χ3v) is 4.82. The Morgan fingerprint density at radius 1 is 1.29 bits per heavy atom. The molecule has 0 aromatic heterocycles. The smallest absolute Gasteiger partial charge is 0.307 e. The Hall–Kier alpha value is -1.51. The second kappa shape index (κ2) is 5.36. The number of aliphatic carboxylic acids is 1. The van der Waals surface area contributed by atoms with Gasteiger partial charge in [0.2, 0.25) is 0 Å². The third kappa shape index (κ3) is 3.39. The van der Waals surface area contributed by atoms with E-state index in [0.717, 1.165) is 43.4 Å². The Bertz CT molecular complexity index is 531. The van der Waals surface area contributed by atoms with Crippen LogP contribution in [0.3, 0.4) is 0 Å². The Morgan fingerprint density at radius 3 is 2.71 bits per heavy atom. The van der Waals surface area contributed by atoms with Gasteiger partial charge in [0, 0.05) is 0 Å². The zero-order valence-corrected chi connectivity index (χ0v) is 12.8. The summed E-state index contributed by atoms with van der Waals surface area (Å²) < 4.78 is 5.86. The number of hydrogen-bond donors (Lipinski definition) is 1. The molecule has 1 aromatic rings. The molecule has 2 fully saturated rings. The van der Waals surface area contributed by atoms with E-state index < -0.39 is 5.97 Å². The summed E-state index contributed by atoms with van der Waals surface area (Å²) in [5.74, 6) is 0.0507. The molecule has 2 aliphatic carbocycles. The molecule has 0 aliphatic heterocycles. The number of ether oxygens (including phenoxy) is 1.